The molecule has 19 heavy (non-hydrogen) atoms. The Labute approximate surface area is 106 Å². The molecule has 0 bridgehead atoms. The Hall–Kier alpha value is -2.32. The van der Waals surface area contributed by atoms with Crippen LogP contribution in [-0.2, 0) is 16.0 Å². The van der Waals surface area contributed by atoms with Crippen LogP contribution in [0.25, 0.3) is 0 Å². The summed E-state index contributed by atoms with van der Waals surface area (Å²) in [5.41, 5.74) is -0.954. The number of nitro groups is 1. The van der Waals surface area contributed by atoms with Crippen molar-refractivity contribution in [2.24, 2.45) is 0 Å². The van der Waals surface area contributed by atoms with Gasteiger partial charge in [-0.2, -0.15) is 0 Å². The second kappa shape index (κ2) is 6.03. The van der Waals surface area contributed by atoms with E-state index < -0.39 is 34.4 Å². The third-order valence-electron chi connectivity index (χ3n) is 2.28. The zero-order valence-corrected chi connectivity index (χ0v) is 10.1. The lowest BCUT2D eigenvalue weighted by Gasteiger charge is -2.11. The molecular formula is C10H10F2N2O5. The van der Waals surface area contributed by atoms with Crippen molar-refractivity contribution >= 4 is 11.8 Å². The standard InChI is InChI=1S/C10H10F2N2O5/c1-18-6(15)3-5-4-13-10(14(16)17)7(9(11)12)8(5)19-2/h4,9H,3H2,1-2H3. The van der Waals surface area contributed by atoms with Gasteiger partial charge in [-0.15, -0.1) is 0 Å². The highest BCUT2D eigenvalue weighted by Crippen LogP contribution is 2.37. The fourth-order valence-corrected chi connectivity index (χ4v) is 1.48. The smallest absolute Gasteiger partial charge is 0.376 e. The minimum atomic E-state index is -3.15. The quantitative estimate of drug-likeness (QED) is 0.461. The van der Waals surface area contributed by atoms with Gasteiger partial charge >= 0.3 is 11.8 Å². The predicted octanol–water partition coefficient (Wildman–Crippen LogP) is 1.65. The molecule has 0 saturated heterocycles. The molecule has 0 aromatic carbocycles. The lowest BCUT2D eigenvalue weighted by atomic mass is 10.1. The molecule has 0 atom stereocenters. The Morgan fingerprint density at radius 2 is 2.16 bits per heavy atom. The zero-order valence-electron chi connectivity index (χ0n) is 10.1. The monoisotopic (exact) mass is 276 g/mol. The first-order valence-corrected chi connectivity index (χ1v) is 4.97. The highest BCUT2D eigenvalue weighted by atomic mass is 19.3. The van der Waals surface area contributed by atoms with Crippen molar-refractivity contribution < 1.29 is 28.0 Å². The average molecular weight is 276 g/mol. The first-order chi connectivity index (χ1) is 8.92. The average Bonchev–Trinajstić information content (AvgIpc) is 2.37. The topological polar surface area (TPSA) is 91.6 Å². The molecule has 7 nitrogen and oxygen atoms in total. The molecule has 1 aromatic heterocycles. The molecule has 9 heteroatoms. The van der Waals surface area contributed by atoms with Crippen LogP contribution in [0.2, 0.25) is 0 Å². The minimum Gasteiger partial charge on any atom is -0.495 e. The van der Waals surface area contributed by atoms with Gasteiger partial charge in [-0.3, -0.25) is 4.79 Å². The predicted molar refractivity (Wildman–Crippen MR) is 58.1 cm³/mol. The van der Waals surface area contributed by atoms with Gasteiger partial charge in [-0.25, -0.2) is 8.78 Å². The minimum absolute atomic E-state index is 0.00440. The lowest BCUT2D eigenvalue weighted by Crippen LogP contribution is -2.10. The highest BCUT2D eigenvalue weighted by molar-refractivity contribution is 5.74. The van der Waals surface area contributed by atoms with Crippen molar-refractivity contribution in [3.05, 3.63) is 27.4 Å². The van der Waals surface area contributed by atoms with Crippen LogP contribution in [0.15, 0.2) is 6.20 Å². The van der Waals surface area contributed by atoms with E-state index in [9.17, 15) is 23.7 Å². The van der Waals surface area contributed by atoms with Crippen molar-refractivity contribution in [1.82, 2.24) is 4.98 Å². The Morgan fingerprint density at radius 1 is 1.53 bits per heavy atom. The maximum Gasteiger partial charge on any atom is 0.376 e. The molecular weight excluding hydrogens is 266 g/mol. The van der Waals surface area contributed by atoms with E-state index in [-0.39, 0.29) is 12.0 Å². The van der Waals surface area contributed by atoms with Crippen molar-refractivity contribution in [2.75, 3.05) is 14.2 Å². The summed E-state index contributed by atoms with van der Waals surface area (Å²) in [6, 6.07) is 0. The van der Waals surface area contributed by atoms with Gasteiger partial charge in [-0.05, 0) is 9.91 Å². The molecule has 0 N–H and O–H groups in total. The van der Waals surface area contributed by atoms with Crippen molar-refractivity contribution in [3.63, 3.8) is 0 Å². The molecule has 0 saturated carbocycles. The lowest BCUT2D eigenvalue weighted by molar-refractivity contribution is -0.391. The normalized spacial score (nSPS) is 10.4. The number of aromatic nitrogens is 1. The second-order valence-electron chi connectivity index (χ2n) is 3.36. The van der Waals surface area contributed by atoms with Gasteiger partial charge in [0.1, 0.15) is 11.9 Å². The van der Waals surface area contributed by atoms with Crippen molar-refractivity contribution in [2.45, 2.75) is 12.8 Å². The molecule has 1 rings (SSSR count). The van der Waals surface area contributed by atoms with Crippen LogP contribution in [0.1, 0.15) is 17.6 Å². The summed E-state index contributed by atoms with van der Waals surface area (Å²) in [7, 11) is 2.20. The van der Waals surface area contributed by atoms with Gasteiger partial charge in [0, 0.05) is 5.56 Å². The number of hydrogen-bond acceptors (Lipinski definition) is 6. The summed E-state index contributed by atoms with van der Waals surface area (Å²) in [5, 5.41) is 10.6. The van der Waals surface area contributed by atoms with Gasteiger partial charge < -0.3 is 19.6 Å². The number of carbonyl (C=O) groups excluding carboxylic acids is 1. The van der Waals surface area contributed by atoms with Crippen LogP contribution < -0.4 is 4.74 Å². The molecule has 104 valence electrons. The summed E-state index contributed by atoms with van der Waals surface area (Å²) in [6.07, 6.45) is -2.58. The van der Waals surface area contributed by atoms with Gasteiger partial charge in [0.2, 0.25) is 0 Å². The fourth-order valence-electron chi connectivity index (χ4n) is 1.48. The van der Waals surface area contributed by atoms with Crippen LogP contribution in [-0.4, -0.2) is 30.1 Å². The molecule has 0 aliphatic carbocycles. The second-order valence-corrected chi connectivity index (χ2v) is 3.36. The summed E-state index contributed by atoms with van der Waals surface area (Å²) < 4.78 is 34.9. The Kier molecular flexibility index (Phi) is 4.67. The van der Waals surface area contributed by atoms with E-state index in [4.69, 9.17) is 4.74 Å². The van der Waals surface area contributed by atoms with Gasteiger partial charge in [0.25, 0.3) is 6.43 Å². The number of methoxy groups -OCH3 is 2. The highest BCUT2D eigenvalue weighted by Gasteiger charge is 2.31. The fraction of sp³-hybridized carbons (Fsp3) is 0.400. The number of halogens is 2. The number of nitrogens with zero attached hydrogens (tertiary/aromatic N) is 2. The number of pyridine rings is 1. The van der Waals surface area contributed by atoms with Crippen LogP contribution in [0.3, 0.4) is 0 Å². The third-order valence-corrected chi connectivity index (χ3v) is 2.28. The van der Waals surface area contributed by atoms with Crippen LogP contribution in [0, 0.1) is 10.1 Å². The van der Waals surface area contributed by atoms with E-state index >= 15 is 0 Å². The largest absolute Gasteiger partial charge is 0.495 e. The van der Waals surface area contributed by atoms with E-state index in [2.05, 4.69) is 9.72 Å². The van der Waals surface area contributed by atoms with E-state index in [1.54, 1.807) is 0 Å². The molecule has 0 aliphatic heterocycles. The molecule has 0 spiro atoms. The summed E-state index contributed by atoms with van der Waals surface area (Å²) in [4.78, 5) is 24.1. The molecule has 0 unspecified atom stereocenters. The third kappa shape index (κ3) is 3.12. The number of ether oxygens (including phenoxy) is 2. The zero-order chi connectivity index (χ0) is 14.6. The van der Waals surface area contributed by atoms with E-state index in [1.807, 2.05) is 0 Å². The maximum atomic E-state index is 12.9. The van der Waals surface area contributed by atoms with Crippen molar-refractivity contribution in [1.29, 1.82) is 0 Å². The Morgan fingerprint density at radius 3 is 2.58 bits per heavy atom. The molecule has 0 fully saturated rings. The van der Waals surface area contributed by atoms with E-state index in [1.165, 1.54) is 0 Å². The number of esters is 1. The van der Waals surface area contributed by atoms with Crippen LogP contribution in [0.4, 0.5) is 14.6 Å². The molecule has 0 radical (unpaired) electrons. The first-order valence-electron chi connectivity index (χ1n) is 4.97. The number of alkyl halides is 2. The van der Waals surface area contributed by atoms with Gasteiger partial charge in [-0.1, -0.05) is 0 Å². The van der Waals surface area contributed by atoms with E-state index in [0.29, 0.717) is 0 Å². The SMILES string of the molecule is COC(=O)Cc1cnc([N+](=O)[O-])c(C(F)F)c1OC. The first kappa shape index (κ1) is 14.7. The Bertz CT molecular complexity index is 507. The number of hydrogen-bond donors (Lipinski definition) is 0. The number of rotatable bonds is 5. The van der Waals surface area contributed by atoms with E-state index in [0.717, 1.165) is 20.4 Å². The van der Waals surface area contributed by atoms with Gasteiger partial charge in [0.05, 0.1) is 20.6 Å². The van der Waals surface area contributed by atoms with Gasteiger partial charge in [0.15, 0.2) is 5.56 Å². The van der Waals surface area contributed by atoms with Crippen LogP contribution >= 0.6 is 0 Å². The maximum absolute atomic E-state index is 12.9. The molecule has 0 aliphatic rings. The molecule has 0 amide bonds. The Balaban J connectivity index is 3.40. The van der Waals surface area contributed by atoms with Crippen molar-refractivity contribution in [3.8, 4) is 5.75 Å². The summed E-state index contributed by atoms with van der Waals surface area (Å²) in [5.74, 6) is -2.13. The summed E-state index contributed by atoms with van der Waals surface area (Å²) >= 11 is 0. The molecule has 1 heterocycles. The summed E-state index contributed by atoms with van der Waals surface area (Å²) in [6.45, 7) is 0. The molecule has 1 aromatic rings. The number of carbonyl (C=O) groups is 1. The van der Waals surface area contributed by atoms with Crippen LogP contribution in [0.5, 0.6) is 5.75 Å².